The van der Waals surface area contributed by atoms with Crippen molar-refractivity contribution in [3.05, 3.63) is 46.0 Å². The molecule has 1 aliphatic carbocycles. The van der Waals surface area contributed by atoms with Gasteiger partial charge in [0.2, 0.25) is 0 Å². The van der Waals surface area contributed by atoms with Crippen molar-refractivity contribution in [2.45, 2.75) is 58.0 Å². The Morgan fingerprint density at radius 2 is 2.04 bits per heavy atom. The maximum Gasteiger partial charge on any atom is 0.329 e. The molecule has 1 aliphatic rings. The highest BCUT2D eigenvalue weighted by molar-refractivity contribution is 5.79. The summed E-state index contributed by atoms with van der Waals surface area (Å²) in [4.78, 5) is 26.3. The van der Waals surface area contributed by atoms with E-state index >= 15 is 0 Å². The van der Waals surface area contributed by atoms with Gasteiger partial charge >= 0.3 is 5.69 Å². The number of carbonyl (C=O) groups excluding carboxylic acids is 1. The molecule has 1 heterocycles. The van der Waals surface area contributed by atoms with Crippen molar-refractivity contribution in [3.8, 4) is 0 Å². The molecule has 0 amide bonds. The number of benzene rings is 1. The highest BCUT2D eigenvalue weighted by Gasteiger charge is 2.31. The van der Waals surface area contributed by atoms with Crippen molar-refractivity contribution < 1.29 is 4.79 Å². The first kappa shape index (κ1) is 18.5. The molecule has 2 aromatic rings. The minimum absolute atomic E-state index is 0.0223. The quantitative estimate of drug-likeness (QED) is 0.680. The van der Waals surface area contributed by atoms with E-state index in [0.717, 1.165) is 42.3 Å². The Kier molecular flexibility index (Phi) is 5.08. The maximum atomic E-state index is 13.4. The molecule has 0 N–H and O–H groups in total. The van der Waals surface area contributed by atoms with Gasteiger partial charge in [0.1, 0.15) is 6.29 Å². The van der Waals surface area contributed by atoms with Gasteiger partial charge in [-0.1, -0.05) is 13.5 Å². The van der Waals surface area contributed by atoms with E-state index in [1.807, 2.05) is 28.1 Å². The van der Waals surface area contributed by atoms with Gasteiger partial charge in [0, 0.05) is 32.3 Å². The number of imidazole rings is 1. The lowest BCUT2D eigenvalue weighted by atomic mass is 10.0. The molecule has 0 spiro atoms. The predicted molar refractivity (Wildman–Crippen MR) is 106 cm³/mol. The van der Waals surface area contributed by atoms with Crippen LogP contribution in [-0.2, 0) is 11.2 Å². The molecular formula is C21H29N3O2. The van der Waals surface area contributed by atoms with E-state index in [-0.39, 0.29) is 11.7 Å². The SMILES string of the molecule is C=C(C(CCC=O)n1c(=O)n(C2CC2)c2cc(CC)c(C)cc21)N(C)C. The Hall–Kier alpha value is -2.30. The van der Waals surface area contributed by atoms with Crippen LogP contribution >= 0.6 is 0 Å². The second kappa shape index (κ2) is 7.14. The summed E-state index contributed by atoms with van der Waals surface area (Å²) in [5.41, 5.74) is 5.32. The molecule has 3 rings (SSSR count). The fourth-order valence-electron chi connectivity index (χ4n) is 3.77. The summed E-state index contributed by atoms with van der Waals surface area (Å²) in [7, 11) is 3.86. The zero-order valence-electron chi connectivity index (χ0n) is 16.3. The number of fused-ring (bicyclic) bond motifs is 1. The number of carbonyl (C=O) groups is 1. The summed E-state index contributed by atoms with van der Waals surface area (Å²) < 4.78 is 3.83. The van der Waals surface area contributed by atoms with Gasteiger partial charge < -0.3 is 9.69 Å². The number of hydrogen-bond donors (Lipinski definition) is 0. The number of nitrogens with zero attached hydrogens (tertiary/aromatic N) is 3. The number of likely N-dealkylation sites (N-methyl/N-ethyl adjacent to an activating group) is 1. The minimum atomic E-state index is -0.211. The lowest BCUT2D eigenvalue weighted by Crippen LogP contribution is -2.31. The molecule has 5 heteroatoms. The molecular weight excluding hydrogens is 326 g/mol. The Balaban J connectivity index is 2.27. The van der Waals surface area contributed by atoms with Gasteiger partial charge in [-0.15, -0.1) is 0 Å². The normalized spacial score (nSPS) is 15.2. The Morgan fingerprint density at radius 1 is 1.35 bits per heavy atom. The molecule has 1 atom stereocenters. The van der Waals surface area contributed by atoms with Crippen LogP contribution in [0.3, 0.4) is 0 Å². The summed E-state index contributed by atoms with van der Waals surface area (Å²) >= 11 is 0. The van der Waals surface area contributed by atoms with Crippen LogP contribution in [0, 0.1) is 6.92 Å². The third-order valence-corrected chi connectivity index (χ3v) is 5.49. The standard InChI is InChI=1S/C21H29N3O2/c1-6-16-13-20-19(12-14(16)2)24(21(26)23(20)17-9-10-17)18(8-7-11-25)15(3)22(4)5/h11-13,17-18H,3,6-10H2,1-2,4-5H3. The van der Waals surface area contributed by atoms with Gasteiger partial charge in [-0.3, -0.25) is 9.13 Å². The fourth-order valence-corrected chi connectivity index (χ4v) is 3.77. The molecule has 0 bridgehead atoms. The van der Waals surface area contributed by atoms with Crippen molar-refractivity contribution >= 4 is 17.3 Å². The van der Waals surface area contributed by atoms with Crippen molar-refractivity contribution in [3.63, 3.8) is 0 Å². The molecule has 1 aromatic carbocycles. The van der Waals surface area contributed by atoms with Crippen LogP contribution in [-0.4, -0.2) is 34.4 Å². The second-order valence-corrected chi connectivity index (χ2v) is 7.52. The average molecular weight is 355 g/mol. The Bertz CT molecular complexity index is 900. The van der Waals surface area contributed by atoms with Crippen LogP contribution in [0.4, 0.5) is 0 Å². The van der Waals surface area contributed by atoms with Crippen LogP contribution in [0.5, 0.6) is 0 Å². The van der Waals surface area contributed by atoms with Crippen LogP contribution in [0.15, 0.2) is 29.2 Å². The molecule has 0 saturated heterocycles. The smallest absolute Gasteiger partial charge is 0.329 e. The summed E-state index contributed by atoms with van der Waals surface area (Å²) in [6, 6.07) is 4.40. The number of allylic oxidation sites excluding steroid dienone is 1. The summed E-state index contributed by atoms with van der Waals surface area (Å²) in [5, 5.41) is 0. The van der Waals surface area contributed by atoms with Crippen molar-refractivity contribution in [1.82, 2.24) is 14.0 Å². The van der Waals surface area contributed by atoms with Crippen molar-refractivity contribution in [2.75, 3.05) is 14.1 Å². The molecule has 0 radical (unpaired) electrons. The van der Waals surface area contributed by atoms with E-state index in [2.05, 4.69) is 32.6 Å². The van der Waals surface area contributed by atoms with E-state index in [1.54, 1.807) is 0 Å². The monoisotopic (exact) mass is 355 g/mol. The van der Waals surface area contributed by atoms with E-state index in [9.17, 15) is 9.59 Å². The first-order valence-electron chi connectivity index (χ1n) is 9.46. The topological polar surface area (TPSA) is 47.2 Å². The van der Waals surface area contributed by atoms with E-state index < -0.39 is 0 Å². The van der Waals surface area contributed by atoms with E-state index in [1.165, 1.54) is 11.1 Å². The molecule has 26 heavy (non-hydrogen) atoms. The van der Waals surface area contributed by atoms with E-state index in [4.69, 9.17) is 0 Å². The third kappa shape index (κ3) is 3.11. The van der Waals surface area contributed by atoms with Crippen LogP contribution in [0.2, 0.25) is 0 Å². The van der Waals surface area contributed by atoms with Gasteiger partial charge in [0.25, 0.3) is 0 Å². The lowest BCUT2D eigenvalue weighted by molar-refractivity contribution is -0.108. The molecule has 1 aromatic heterocycles. The first-order valence-corrected chi connectivity index (χ1v) is 9.46. The number of rotatable bonds is 8. The predicted octanol–water partition coefficient (Wildman–Crippen LogP) is 3.60. The Morgan fingerprint density at radius 3 is 2.58 bits per heavy atom. The number of hydrogen-bond acceptors (Lipinski definition) is 3. The van der Waals surface area contributed by atoms with Gasteiger partial charge in [-0.2, -0.15) is 0 Å². The summed E-state index contributed by atoms with van der Waals surface area (Å²) in [6.45, 7) is 8.44. The van der Waals surface area contributed by atoms with Gasteiger partial charge in [0.05, 0.1) is 17.1 Å². The molecule has 1 saturated carbocycles. The van der Waals surface area contributed by atoms with Gasteiger partial charge in [-0.05, 0) is 55.9 Å². The van der Waals surface area contributed by atoms with Gasteiger partial charge in [-0.25, -0.2) is 4.79 Å². The highest BCUT2D eigenvalue weighted by atomic mass is 16.2. The van der Waals surface area contributed by atoms with Crippen LogP contribution in [0.1, 0.15) is 55.8 Å². The Labute approximate surface area is 154 Å². The maximum absolute atomic E-state index is 13.4. The zero-order chi connectivity index (χ0) is 19.0. The third-order valence-electron chi connectivity index (χ3n) is 5.49. The minimum Gasteiger partial charge on any atom is -0.380 e. The second-order valence-electron chi connectivity index (χ2n) is 7.52. The fraction of sp³-hybridized carbons (Fsp3) is 0.524. The lowest BCUT2D eigenvalue weighted by Gasteiger charge is -2.26. The van der Waals surface area contributed by atoms with Gasteiger partial charge in [0.15, 0.2) is 0 Å². The largest absolute Gasteiger partial charge is 0.380 e. The van der Waals surface area contributed by atoms with Crippen molar-refractivity contribution in [2.24, 2.45) is 0 Å². The van der Waals surface area contributed by atoms with Crippen LogP contribution < -0.4 is 5.69 Å². The average Bonchev–Trinajstić information content (AvgIpc) is 3.40. The summed E-state index contributed by atoms with van der Waals surface area (Å²) in [5.74, 6) is 0. The first-order chi connectivity index (χ1) is 12.4. The van der Waals surface area contributed by atoms with Crippen molar-refractivity contribution in [1.29, 1.82) is 0 Å². The van der Waals surface area contributed by atoms with Crippen LogP contribution in [0.25, 0.3) is 11.0 Å². The highest BCUT2D eigenvalue weighted by Crippen LogP contribution is 2.38. The molecule has 5 nitrogen and oxygen atoms in total. The number of aromatic nitrogens is 2. The summed E-state index contributed by atoms with van der Waals surface area (Å²) in [6.07, 6.45) is 4.97. The molecule has 1 fully saturated rings. The molecule has 140 valence electrons. The number of aldehydes is 1. The van der Waals surface area contributed by atoms with E-state index in [0.29, 0.717) is 18.9 Å². The molecule has 1 unspecified atom stereocenters. The molecule has 0 aliphatic heterocycles. The number of aryl methyl sites for hydroxylation is 2. The zero-order valence-corrected chi connectivity index (χ0v) is 16.3.